The van der Waals surface area contributed by atoms with Gasteiger partial charge in [-0.1, -0.05) is 19.4 Å². The Bertz CT molecular complexity index is 448. The molecule has 1 heterocycles. The molecular weight excluding hydrogens is 238 g/mol. The summed E-state index contributed by atoms with van der Waals surface area (Å²) in [5.74, 6) is 1.42. The maximum atomic E-state index is 5.99. The van der Waals surface area contributed by atoms with Crippen LogP contribution in [0.5, 0.6) is 5.75 Å². The SMILES string of the molecule is CCC(CN)C1(c2c(C)cc(C)cc2OC)COC1. The molecule has 1 aliphatic rings. The first-order valence-electron chi connectivity index (χ1n) is 7.02. The summed E-state index contributed by atoms with van der Waals surface area (Å²) < 4.78 is 11.2. The lowest BCUT2D eigenvalue weighted by Gasteiger charge is -2.48. The van der Waals surface area contributed by atoms with Gasteiger partial charge in [0.05, 0.1) is 20.3 Å². The van der Waals surface area contributed by atoms with Crippen LogP contribution in [0.3, 0.4) is 0 Å². The minimum absolute atomic E-state index is 0.0344. The van der Waals surface area contributed by atoms with Crippen LogP contribution in [0.1, 0.15) is 30.0 Å². The minimum Gasteiger partial charge on any atom is -0.496 e. The first-order chi connectivity index (χ1) is 9.08. The number of aryl methyl sites for hydroxylation is 2. The second-order valence-corrected chi connectivity index (χ2v) is 5.65. The van der Waals surface area contributed by atoms with E-state index in [-0.39, 0.29) is 5.41 Å². The normalized spacial score (nSPS) is 18.8. The Morgan fingerprint density at radius 2 is 2.05 bits per heavy atom. The van der Waals surface area contributed by atoms with Crippen molar-refractivity contribution in [3.63, 3.8) is 0 Å². The predicted octanol–water partition coefficient (Wildman–Crippen LogP) is 2.56. The monoisotopic (exact) mass is 263 g/mol. The third-order valence-corrected chi connectivity index (χ3v) is 4.44. The number of rotatable bonds is 5. The van der Waals surface area contributed by atoms with Crippen molar-refractivity contribution in [1.29, 1.82) is 0 Å². The van der Waals surface area contributed by atoms with Gasteiger partial charge in [-0.3, -0.25) is 0 Å². The highest BCUT2D eigenvalue weighted by Gasteiger charge is 2.48. The third-order valence-electron chi connectivity index (χ3n) is 4.44. The van der Waals surface area contributed by atoms with E-state index in [1.165, 1.54) is 16.7 Å². The topological polar surface area (TPSA) is 44.5 Å². The third kappa shape index (κ3) is 2.26. The summed E-state index contributed by atoms with van der Waals surface area (Å²) in [5.41, 5.74) is 9.84. The van der Waals surface area contributed by atoms with E-state index in [1.54, 1.807) is 7.11 Å². The lowest BCUT2D eigenvalue weighted by atomic mass is 9.66. The summed E-state index contributed by atoms with van der Waals surface area (Å²) in [6.45, 7) is 8.66. The van der Waals surface area contributed by atoms with Crippen molar-refractivity contribution < 1.29 is 9.47 Å². The molecule has 2 N–H and O–H groups in total. The van der Waals surface area contributed by atoms with E-state index in [4.69, 9.17) is 15.2 Å². The number of nitrogens with two attached hydrogens (primary N) is 1. The fourth-order valence-electron chi connectivity index (χ4n) is 3.42. The maximum absolute atomic E-state index is 5.99. The standard InChI is InChI=1S/C16H25NO2/c1-5-13(8-17)16(9-19-10-16)15-12(3)6-11(2)7-14(15)18-4/h6-7,13H,5,8-10,17H2,1-4H3. The van der Waals surface area contributed by atoms with Crippen LogP contribution in [0.2, 0.25) is 0 Å². The van der Waals surface area contributed by atoms with E-state index in [0.717, 1.165) is 25.4 Å². The molecule has 0 aliphatic carbocycles. The number of ether oxygens (including phenoxy) is 2. The smallest absolute Gasteiger partial charge is 0.123 e. The number of methoxy groups -OCH3 is 1. The van der Waals surface area contributed by atoms with Crippen LogP contribution in [-0.2, 0) is 10.2 Å². The van der Waals surface area contributed by atoms with Gasteiger partial charge in [0, 0.05) is 11.0 Å². The van der Waals surface area contributed by atoms with Crippen LogP contribution < -0.4 is 10.5 Å². The molecule has 1 saturated heterocycles. The first-order valence-corrected chi connectivity index (χ1v) is 7.02. The predicted molar refractivity (Wildman–Crippen MR) is 77.8 cm³/mol. The zero-order valence-electron chi connectivity index (χ0n) is 12.5. The zero-order valence-corrected chi connectivity index (χ0v) is 12.5. The molecule has 1 atom stereocenters. The van der Waals surface area contributed by atoms with Gasteiger partial charge >= 0.3 is 0 Å². The Hall–Kier alpha value is -1.06. The summed E-state index contributed by atoms with van der Waals surface area (Å²) in [6, 6.07) is 4.34. The van der Waals surface area contributed by atoms with E-state index in [0.29, 0.717) is 12.5 Å². The molecule has 0 bridgehead atoms. The second kappa shape index (κ2) is 5.51. The quantitative estimate of drug-likeness (QED) is 0.888. The van der Waals surface area contributed by atoms with Crippen molar-refractivity contribution in [3.8, 4) is 5.75 Å². The molecule has 0 aromatic heterocycles. The molecule has 3 heteroatoms. The largest absolute Gasteiger partial charge is 0.496 e. The van der Waals surface area contributed by atoms with Gasteiger partial charge in [0.15, 0.2) is 0 Å². The molecule has 106 valence electrons. The van der Waals surface area contributed by atoms with Gasteiger partial charge in [-0.25, -0.2) is 0 Å². The van der Waals surface area contributed by atoms with Gasteiger partial charge in [0.25, 0.3) is 0 Å². The maximum Gasteiger partial charge on any atom is 0.123 e. The Balaban J connectivity index is 2.55. The van der Waals surface area contributed by atoms with Gasteiger partial charge in [-0.2, -0.15) is 0 Å². The molecule has 1 unspecified atom stereocenters. The first kappa shape index (κ1) is 14.4. The summed E-state index contributed by atoms with van der Waals surface area (Å²) in [5, 5.41) is 0. The minimum atomic E-state index is 0.0344. The van der Waals surface area contributed by atoms with Gasteiger partial charge in [-0.15, -0.1) is 0 Å². The fraction of sp³-hybridized carbons (Fsp3) is 0.625. The van der Waals surface area contributed by atoms with Crippen LogP contribution in [0.15, 0.2) is 12.1 Å². The molecule has 2 rings (SSSR count). The van der Waals surface area contributed by atoms with Crippen LogP contribution in [0.4, 0.5) is 0 Å². The molecule has 19 heavy (non-hydrogen) atoms. The van der Waals surface area contributed by atoms with Crippen molar-refractivity contribution in [3.05, 3.63) is 28.8 Å². The fourth-order valence-corrected chi connectivity index (χ4v) is 3.42. The summed E-state index contributed by atoms with van der Waals surface area (Å²) in [6.07, 6.45) is 1.07. The lowest BCUT2D eigenvalue weighted by Crippen LogP contribution is -2.54. The molecule has 1 aromatic carbocycles. The molecule has 0 radical (unpaired) electrons. The van der Waals surface area contributed by atoms with Crippen LogP contribution in [-0.4, -0.2) is 26.9 Å². The Morgan fingerprint density at radius 3 is 2.47 bits per heavy atom. The Morgan fingerprint density at radius 1 is 1.37 bits per heavy atom. The summed E-state index contributed by atoms with van der Waals surface area (Å²) in [7, 11) is 1.74. The average molecular weight is 263 g/mol. The van der Waals surface area contributed by atoms with Crippen LogP contribution in [0, 0.1) is 19.8 Å². The Kier molecular flexibility index (Phi) is 4.16. The molecule has 1 aliphatic heterocycles. The molecule has 0 spiro atoms. The van der Waals surface area contributed by atoms with Gasteiger partial charge < -0.3 is 15.2 Å². The molecule has 1 aromatic rings. The van der Waals surface area contributed by atoms with Gasteiger partial charge in [-0.05, 0) is 43.5 Å². The molecule has 0 amide bonds. The molecule has 0 saturated carbocycles. The van der Waals surface area contributed by atoms with Gasteiger partial charge in [0.2, 0.25) is 0 Å². The summed E-state index contributed by atoms with van der Waals surface area (Å²) in [4.78, 5) is 0. The molecule has 3 nitrogen and oxygen atoms in total. The van der Waals surface area contributed by atoms with Crippen molar-refractivity contribution in [2.45, 2.75) is 32.6 Å². The molecular formula is C16H25NO2. The number of hydrogen-bond donors (Lipinski definition) is 1. The van der Waals surface area contributed by atoms with Crippen molar-refractivity contribution in [2.75, 3.05) is 26.9 Å². The van der Waals surface area contributed by atoms with E-state index < -0.39 is 0 Å². The highest BCUT2D eigenvalue weighted by Crippen LogP contribution is 2.46. The van der Waals surface area contributed by atoms with E-state index in [2.05, 4.69) is 32.9 Å². The number of benzene rings is 1. The van der Waals surface area contributed by atoms with Gasteiger partial charge in [0.1, 0.15) is 5.75 Å². The average Bonchev–Trinajstić information content (AvgIpc) is 2.34. The highest BCUT2D eigenvalue weighted by molar-refractivity contribution is 5.49. The highest BCUT2D eigenvalue weighted by atomic mass is 16.5. The van der Waals surface area contributed by atoms with Crippen molar-refractivity contribution in [1.82, 2.24) is 0 Å². The van der Waals surface area contributed by atoms with Crippen molar-refractivity contribution in [2.24, 2.45) is 11.7 Å². The van der Waals surface area contributed by atoms with E-state index in [9.17, 15) is 0 Å². The second-order valence-electron chi connectivity index (χ2n) is 5.65. The number of hydrogen-bond acceptors (Lipinski definition) is 3. The lowest BCUT2D eigenvalue weighted by molar-refractivity contribution is -0.0909. The van der Waals surface area contributed by atoms with Crippen LogP contribution in [0.25, 0.3) is 0 Å². The summed E-state index contributed by atoms with van der Waals surface area (Å²) >= 11 is 0. The van der Waals surface area contributed by atoms with Crippen LogP contribution >= 0.6 is 0 Å². The van der Waals surface area contributed by atoms with Crippen molar-refractivity contribution >= 4 is 0 Å². The van der Waals surface area contributed by atoms with E-state index in [1.807, 2.05) is 0 Å². The Labute approximate surface area is 116 Å². The van der Waals surface area contributed by atoms with E-state index >= 15 is 0 Å². The molecule has 1 fully saturated rings. The zero-order chi connectivity index (χ0) is 14.0.